The minimum atomic E-state index is -0.0474. The molecule has 0 amide bonds. The van der Waals surface area contributed by atoms with Crippen LogP contribution in [0.2, 0.25) is 10.0 Å². The lowest BCUT2D eigenvalue weighted by molar-refractivity contribution is 0.367. The fraction of sp³-hybridized carbons (Fsp3) is 0.0714. The van der Waals surface area contributed by atoms with Gasteiger partial charge in [-0.1, -0.05) is 29.3 Å². The first-order chi connectivity index (χ1) is 9.19. The van der Waals surface area contributed by atoms with Crippen LogP contribution in [-0.2, 0) is 0 Å². The van der Waals surface area contributed by atoms with Crippen molar-refractivity contribution in [1.29, 1.82) is 5.26 Å². The summed E-state index contributed by atoms with van der Waals surface area (Å²) >= 11 is 11.9. The molecule has 0 aliphatic carbocycles. The molecule has 0 aromatic heterocycles. The van der Waals surface area contributed by atoms with E-state index >= 15 is 0 Å². The molecule has 0 saturated carbocycles. The third-order valence-electron chi connectivity index (χ3n) is 2.23. The van der Waals surface area contributed by atoms with E-state index in [1.807, 2.05) is 6.07 Å². The Morgan fingerprint density at radius 2 is 1.84 bits per heavy atom. The molecule has 0 heterocycles. The normalized spacial score (nSPS) is 9.74. The van der Waals surface area contributed by atoms with Gasteiger partial charge in [0.1, 0.15) is 23.3 Å². The van der Waals surface area contributed by atoms with Gasteiger partial charge >= 0.3 is 0 Å². The Balaban J connectivity index is 2.14. The van der Waals surface area contributed by atoms with Crippen LogP contribution < -0.4 is 9.47 Å². The van der Waals surface area contributed by atoms with E-state index in [2.05, 4.69) is 0 Å². The second kappa shape index (κ2) is 6.33. The molecule has 19 heavy (non-hydrogen) atoms. The number of hydrogen-bond donors (Lipinski definition) is 0. The van der Waals surface area contributed by atoms with Crippen molar-refractivity contribution in [2.24, 2.45) is 0 Å². The van der Waals surface area contributed by atoms with Gasteiger partial charge in [0.25, 0.3) is 0 Å². The molecule has 0 saturated heterocycles. The lowest BCUT2D eigenvalue weighted by Crippen LogP contribution is -1.94. The van der Waals surface area contributed by atoms with E-state index in [4.69, 9.17) is 37.9 Å². The van der Waals surface area contributed by atoms with Gasteiger partial charge in [-0.05, 0) is 30.3 Å². The number of ether oxygens (including phenoxy) is 2. The van der Waals surface area contributed by atoms with E-state index in [1.165, 1.54) is 0 Å². The van der Waals surface area contributed by atoms with Gasteiger partial charge in [-0.2, -0.15) is 5.26 Å². The summed E-state index contributed by atoms with van der Waals surface area (Å²) in [4.78, 5) is 0. The molecule has 2 aromatic rings. The van der Waals surface area contributed by atoms with E-state index in [0.29, 0.717) is 27.3 Å². The molecule has 2 rings (SSSR count). The van der Waals surface area contributed by atoms with Gasteiger partial charge in [-0.25, -0.2) is 0 Å². The van der Waals surface area contributed by atoms with Crippen LogP contribution in [0.4, 0.5) is 0 Å². The molecular weight excluding hydrogens is 285 g/mol. The van der Waals surface area contributed by atoms with Gasteiger partial charge in [0, 0.05) is 11.1 Å². The van der Waals surface area contributed by atoms with E-state index in [9.17, 15) is 0 Å². The molecule has 0 unspecified atom stereocenters. The standard InChI is InChI=1S/C14H9Cl2NO2/c15-10-2-1-3-11(8-10)19-12-4-5-14(13(16)9-12)18-7-6-17/h1-5,8-9H,7H2. The van der Waals surface area contributed by atoms with Crippen LogP contribution >= 0.6 is 23.2 Å². The van der Waals surface area contributed by atoms with Crippen LogP contribution in [0.25, 0.3) is 0 Å². The number of benzene rings is 2. The van der Waals surface area contributed by atoms with Crippen molar-refractivity contribution in [2.75, 3.05) is 6.61 Å². The van der Waals surface area contributed by atoms with Gasteiger partial charge in [-0.15, -0.1) is 0 Å². The highest BCUT2D eigenvalue weighted by Crippen LogP contribution is 2.31. The zero-order chi connectivity index (χ0) is 13.7. The quantitative estimate of drug-likeness (QED) is 0.821. The predicted molar refractivity (Wildman–Crippen MR) is 74.1 cm³/mol. The smallest absolute Gasteiger partial charge is 0.174 e. The van der Waals surface area contributed by atoms with Crippen LogP contribution in [0.15, 0.2) is 42.5 Å². The molecule has 0 bridgehead atoms. The first-order valence-corrected chi connectivity index (χ1v) is 6.17. The lowest BCUT2D eigenvalue weighted by Gasteiger charge is -2.09. The van der Waals surface area contributed by atoms with Crippen molar-refractivity contribution in [3.05, 3.63) is 52.5 Å². The number of rotatable bonds is 4. The molecule has 0 fully saturated rings. The van der Waals surface area contributed by atoms with Gasteiger partial charge < -0.3 is 9.47 Å². The summed E-state index contributed by atoms with van der Waals surface area (Å²) in [5.41, 5.74) is 0. The molecule has 0 radical (unpaired) electrons. The monoisotopic (exact) mass is 293 g/mol. The maximum absolute atomic E-state index is 8.44. The molecule has 0 aliphatic heterocycles. The van der Waals surface area contributed by atoms with E-state index in [0.717, 1.165) is 0 Å². The molecule has 0 N–H and O–H groups in total. The minimum absolute atomic E-state index is 0.0474. The summed E-state index contributed by atoms with van der Waals surface area (Å²) < 4.78 is 10.8. The van der Waals surface area contributed by atoms with Crippen LogP contribution in [0.3, 0.4) is 0 Å². The average Bonchev–Trinajstić information content (AvgIpc) is 2.38. The second-order valence-electron chi connectivity index (χ2n) is 3.60. The summed E-state index contributed by atoms with van der Waals surface area (Å²) in [6.45, 7) is -0.0474. The highest BCUT2D eigenvalue weighted by Gasteiger charge is 2.05. The molecule has 5 heteroatoms. The fourth-order valence-corrected chi connectivity index (χ4v) is 1.84. The second-order valence-corrected chi connectivity index (χ2v) is 4.44. The van der Waals surface area contributed by atoms with E-state index in [-0.39, 0.29) is 6.61 Å². The van der Waals surface area contributed by atoms with Gasteiger partial charge in [0.05, 0.1) is 5.02 Å². The first kappa shape index (κ1) is 13.5. The summed E-state index contributed by atoms with van der Waals surface area (Å²) in [5, 5.41) is 9.42. The Labute approximate surface area is 120 Å². The molecular formula is C14H9Cl2NO2. The van der Waals surface area contributed by atoms with E-state index < -0.39 is 0 Å². The highest BCUT2D eigenvalue weighted by atomic mass is 35.5. The summed E-state index contributed by atoms with van der Waals surface area (Å²) in [6, 6.07) is 13.9. The van der Waals surface area contributed by atoms with Crippen molar-refractivity contribution in [2.45, 2.75) is 0 Å². The van der Waals surface area contributed by atoms with Crippen LogP contribution in [0, 0.1) is 11.3 Å². The molecule has 3 nitrogen and oxygen atoms in total. The fourth-order valence-electron chi connectivity index (χ4n) is 1.44. The summed E-state index contributed by atoms with van der Waals surface area (Å²) in [6.07, 6.45) is 0. The first-order valence-electron chi connectivity index (χ1n) is 5.42. The zero-order valence-corrected chi connectivity index (χ0v) is 11.3. The number of nitriles is 1. The van der Waals surface area contributed by atoms with Gasteiger partial charge in [0.2, 0.25) is 0 Å². The molecule has 2 aromatic carbocycles. The average molecular weight is 294 g/mol. The van der Waals surface area contributed by atoms with Crippen LogP contribution in [0.5, 0.6) is 17.2 Å². The maximum atomic E-state index is 8.44. The summed E-state index contributed by atoms with van der Waals surface area (Å²) in [7, 11) is 0. The maximum Gasteiger partial charge on any atom is 0.174 e. The number of halogens is 2. The predicted octanol–water partition coefficient (Wildman–Crippen LogP) is 4.69. The Hall–Kier alpha value is -1.89. The SMILES string of the molecule is N#CCOc1ccc(Oc2cccc(Cl)c2)cc1Cl. The molecule has 0 atom stereocenters. The van der Waals surface area contributed by atoms with Gasteiger partial charge in [-0.3, -0.25) is 0 Å². The molecule has 0 spiro atoms. The largest absolute Gasteiger partial charge is 0.477 e. The Bertz CT molecular complexity index is 623. The topological polar surface area (TPSA) is 42.2 Å². The van der Waals surface area contributed by atoms with Crippen molar-refractivity contribution < 1.29 is 9.47 Å². The minimum Gasteiger partial charge on any atom is -0.477 e. The molecule has 96 valence electrons. The van der Waals surface area contributed by atoms with Gasteiger partial charge in [0.15, 0.2) is 6.61 Å². The molecule has 0 aliphatic rings. The van der Waals surface area contributed by atoms with Crippen molar-refractivity contribution in [1.82, 2.24) is 0 Å². The Morgan fingerprint density at radius 1 is 1.05 bits per heavy atom. The van der Waals surface area contributed by atoms with Crippen molar-refractivity contribution >= 4 is 23.2 Å². The number of hydrogen-bond acceptors (Lipinski definition) is 3. The Kier molecular flexibility index (Phi) is 4.51. The summed E-state index contributed by atoms with van der Waals surface area (Å²) in [5.74, 6) is 1.63. The van der Waals surface area contributed by atoms with Crippen LogP contribution in [-0.4, -0.2) is 6.61 Å². The highest BCUT2D eigenvalue weighted by molar-refractivity contribution is 6.32. The Morgan fingerprint density at radius 3 is 2.53 bits per heavy atom. The third kappa shape index (κ3) is 3.78. The lowest BCUT2D eigenvalue weighted by atomic mass is 10.3. The third-order valence-corrected chi connectivity index (χ3v) is 2.76. The van der Waals surface area contributed by atoms with Crippen molar-refractivity contribution in [3.63, 3.8) is 0 Å². The number of nitrogens with zero attached hydrogens (tertiary/aromatic N) is 1. The van der Waals surface area contributed by atoms with E-state index in [1.54, 1.807) is 42.5 Å². The zero-order valence-electron chi connectivity index (χ0n) is 9.77. The van der Waals surface area contributed by atoms with Crippen LogP contribution in [0.1, 0.15) is 0 Å². The van der Waals surface area contributed by atoms with Crippen molar-refractivity contribution in [3.8, 4) is 23.3 Å².